The van der Waals surface area contributed by atoms with Crippen molar-refractivity contribution in [2.75, 3.05) is 38.1 Å². The van der Waals surface area contributed by atoms with Crippen molar-refractivity contribution in [2.45, 2.75) is 37.5 Å². The van der Waals surface area contributed by atoms with E-state index in [1.54, 1.807) is 0 Å². The number of nitrogens with zero attached hydrogens (tertiary/aromatic N) is 2. The van der Waals surface area contributed by atoms with Crippen molar-refractivity contribution in [1.29, 1.82) is 0 Å². The van der Waals surface area contributed by atoms with Gasteiger partial charge in [-0.2, -0.15) is 0 Å². The average molecular weight is 301 g/mol. The molecule has 1 amide bonds. The minimum absolute atomic E-state index is 0.115. The number of carbonyl (C=O) groups excluding carboxylic acids is 1. The smallest absolute Gasteiger partial charge is 0.241 e. The van der Waals surface area contributed by atoms with Crippen molar-refractivity contribution >= 4 is 11.6 Å². The maximum atomic E-state index is 12.3. The minimum Gasteiger partial charge on any atom is -0.330 e. The van der Waals surface area contributed by atoms with Crippen LogP contribution in [0.3, 0.4) is 0 Å². The predicted molar refractivity (Wildman–Crippen MR) is 90.1 cm³/mol. The summed E-state index contributed by atoms with van der Waals surface area (Å²) in [5.74, 6) is 0.191. The molecule has 22 heavy (non-hydrogen) atoms. The Bertz CT molecular complexity index is 537. The molecule has 0 unspecified atom stereocenters. The topological polar surface area (TPSA) is 49.6 Å². The molecule has 3 rings (SSSR count). The van der Waals surface area contributed by atoms with Gasteiger partial charge in [-0.1, -0.05) is 31.4 Å². The van der Waals surface area contributed by atoms with E-state index in [0.717, 1.165) is 18.8 Å². The first-order chi connectivity index (χ1) is 10.6. The van der Waals surface area contributed by atoms with E-state index in [2.05, 4.69) is 29.2 Å². The number of rotatable bonds is 3. The van der Waals surface area contributed by atoms with Crippen LogP contribution in [0.2, 0.25) is 0 Å². The zero-order valence-corrected chi connectivity index (χ0v) is 13.6. The number of carbonyl (C=O) groups is 1. The molecule has 1 heterocycles. The lowest BCUT2D eigenvalue weighted by atomic mass is 9.69. The lowest BCUT2D eigenvalue weighted by Gasteiger charge is -2.38. The van der Waals surface area contributed by atoms with Crippen molar-refractivity contribution in [1.82, 2.24) is 4.90 Å². The highest BCUT2D eigenvalue weighted by Crippen LogP contribution is 2.39. The van der Waals surface area contributed by atoms with Gasteiger partial charge in [0.15, 0.2) is 0 Å². The highest BCUT2D eigenvalue weighted by Gasteiger charge is 2.33. The average Bonchev–Trinajstić information content (AvgIpc) is 2.55. The van der Waals surface area contributed by atoms with E-state index >= 15 is 0 Å². The summed E-state index contributed by atoms with van der Waals surface area (Å²) in [6, 6.07) is 8.55. The van der Waals surface area contributed by atoms with Gasteiger partial charge in [-0.3, -0.25) is 9.69 Å². The van der Waals surface area contributed by atoms with E-state index in [0.29, 0.717) is 13.1 Å². The number of nitrogens with two attached hydrogens (primary N) is 1. The highest BCUT2D eigenvalue weighted by molar-refractivity contribution is 5.95. The molecule has 0 spiro atoms. The molecule has 1 aliphatic heterocycles. The lowest BCUT2D eigenvalue weighted by Crippen LogP contribution is -2.49. The molecular weight excluding hydrogens is 274 g/mol. The van der Waals surface area contributed by atoms with Crippen LogP contribution < -0.4 is 10.6 Å². The number of likely N-dealkylation sites (N-methyl/N-ethyl adjacent to an activating group) is 1. The summed E-state index contributed by atoms with van der Waals surface area (Å²) in [5.41, 5.74) is 8.63. The third-order valence-electron chi connectivity index (χ3n) is 5.38. The monoisotopic (exact) mass is 301 g/mol. The summed E-state index contributed by atoms with van der Waals surface area (Å²) in [6.07, 6.45) is 6.18. The van der Waals surface area contributed by atoms with E-state index in [-0.39, 0.29) is 11.3 Å². The molecule has 1 saturated heterocycles. The Labute approximate surface area is 133 Å². The molecule has 0 radical (unpaired) electrons. The van der Waals surface area contributed by atoms with Crippen molar-refractivity contribution in [3.63, 3.8) is 0 Å². The number of anilines is 1. The minimum atomic E-state index is 0.115. The van der Waals surface area contributed by atoms with Gasteiger partial charge in [0.25, 0.3) is 0 Å². The second-order valence-electron chi connectivity index (χ2n) is 6.88. The van der Waals surface area contributed by atoms with Gasteiger partial charge in [-0.15, -0.1) is 0 Å². The quantitative estimate of drug-likeness (QED) is 0.930. The number of piperazine rings is 1. The van der Waals surface area contributed by atoms with Crippen LogP contribution in [-0.2, 0) is 10.2 Å². The number of hydrogen-bond donors (Lipinski definition) is 1. The van der Waals surface area contributed by atoms with Gasteiger partial charge >= 0.3 is 0 Å². The van der Waals surface area contributed by atoms with E-state index in [1.807, 2.05) is 11.9 Å². The van der Waals surface area contributed by atoms with Crippen LogP contribution in [-0.4, -0.2) is 44.0 Å². The first-order valence-electron chi connectivity index (χ1n) is 8.44. The van der Waals surface area contributed by atoms with Gasteiger partial charge < -0.3 is 10.6 Å². The summed E-state index contributed by atoms with van der Waals surface area (Å²) in [4.78, 5) is 16.3. The Hall–Kier alpha value is -1.39. The third-order valence-corrected chi connectivity index (χ3v) is 5.38. The first kappa shape index (κ1) is 15.5. The molecule has 2 fully saturated rings. The van der Waals surface area contributed by atoms with E-state index in [9.17, 15) is 4.79 Å². The predicted octanol–water partition coefficient (Wildman–Crippen LogP) is 2.13. The Balaban J connectivity index is 1.87. The van der Waals surface area contributed by atoms with Gasteiger partial charge in [-0.25, -0.2) is 0 Å². The van der Waals surface area contributed by atoms with Crippen LogP contribution in [0.5, 0.6) is 0 Å². The summed E-state index contributed by atoms with van der Waals surface area (Å²) >= 11 is 0. The van der Waals surface area contributed by atoms with Crippen molar-refractivity contribution in [2.24, 2.45) is 5.73 Å². The molecule has 1 aromatic carbocycles. The summed E-state index contributed by atoms with van der Waals surface area (Å²) in [6.45, 7) is 2.91. The first-order valence-corrected chi connectivity index (χ1v) is 8.44. The SMILES string of the molecule is CN1CCN(c2cccc(C3(CN)CCCCC3)c2)C(=O)C1. The fourth-order valence-electron chi connectivity index (χ4n) is 3.91. The highest BCUT2D eigenvalue weighted by atomic mass is 16.2. The van der Waals surface area contributed by atoms with Crippen LogP contribution in [0.15, 0.2) is 24.3 Å². The second-order valence-corrected chi connectivity index (χ2v) is 6.88. The Morgan fingerprint density at radius 1 is 1.18 bits per heavy atom. The molecule has 4 nitrogen and oxygen atoms in total. The molecule has 2 aliphatic rings. The standard InChI is InChI=1S/C18H27N3O/c1-20-10-11-21(17(22)13-20)16-7-5-6-15(12-16)18(14-19)8-3-2-4-9-18/h5-7,12H,2-4,8-11,13-14,19H2,1H3. The maximum absolute atomic E-state index is 12.3. The number of benzene rings is 1. The zero-order valence-electron chi connectivity index (χ0n) is 13.6. The molecule has 0 atom stereocenters. The van der Waals surface area contributed by atoms with Gasteiger partial charge in [0, 0.05) is 30.7 Å². The van der Waals surface area contributed by atoms with Crippen LogP contribution in [0.1, 0.15) is 37.7 Å². The van der Waals surface area contributed by atoms with Crippen molar-refractivity contribution in [3.8, 4) is 0 Å². The van der Waals surface area contributed by atoms with Gasteiger partial charge in [0.1, 0.15) is 0 Å². The molecule has 4 heteroatoms. The molecule has 0 bridgehead atoms. The van der Waals surface area contributed by atoms with Crippen LogP contribution in [0.25, 0.3) is 0 Å². The van der Waals surface area contributed by atoms with Gasteiger partial charge in [-0.05, 0) is 37.6 Å². The van der Waals surface area contributed by atoms with Crippen molar-refractivity contribution < 1.29 is 4.79 Å². The number of hydrogen-bond acceptors (Lipinski definition) is 3. The summed E-state index contributed by atoms with van der Waals surface area (Å²) in [5, 5.41) is 0. The Morgan fingerprint density at radius 2 is 1.95 bits per heavy atom. The zero-order chi connectivity index (χ0) is 15.6. The van der Waals surface area contributed by atoms with Crippen LogP contribution in [0, 0.1) is 0 Å². The summed E-state index contributed by atoms with van der Waals surface area (Å²) in [7, 11) is 2.00. The molecule has 1 saturated carbocycles. The fourth-order valence-corrected chi connectivity index (χ4v) is 3.91. The third kappa shape index (κ3) is 2.90. The van der Waals surface area contributed by atoms with Crippen LogP contribution >= 0.6 is 0 Å². The maximum Gasteiger partial charge on any atom is 0.241 e. The molecule has 1 aliphatic carbocycles. The molecule has 2 N–H and O–H groups in total. The van der Waals surface area contributed by atoms with Crippen LogP contribution in [0.4, 0.5) is 5.69 Å². The Morgan fingerprint density at radius 3 is 2.64 bits per heavy atom. The fraction of sp³-hybridized carbons (Fsp3) is 0.611. The van der Waals surface area contributed by atoms with Crippen molar-refractivity contribution in [3.05, 3.63) is 29.8 Å². The van der Waals surface area contributed by atoms with E-state index < -0.39 is 0 Å². The molecular formula is C18H27N3O. The molecule has 120 valence electrons. The van der Waals surface area contributed by atoms with Gasteiger partial charge in [0.05, 0.1) is 6.54 Å². The molecule has 0 aromatic heterocycles. The van der Waals surface area contributed by atoms with E-state index in [1.165, 1.54) is 37.7 Å². The normalized spacial score (nSPS) is 22.8. The second kappa shape index (κ2) is 6.39. The molecule has 1 aromatic rings. The van der Waals surface area contributed by atoms with Gasteiger partial charge in [0.2, 0.25) is 5.91 Å². The lowest BCUT2D eigenvalue weighted by molar-refractivity contribution is -0.120. The number of amides is 1. The summed E-state index contributed by atoms with van der Waals surface area (Å²) < 4.78 is 0. The van der Waals surface area contributed by atoms with E-state index in [4.69, 9.17) is 5.73 Å². The Kier molecular flexibility index (Phi) is 4.50. The largest absolute Gasteiger partial charge is 0.330 e.